The topological polar surface area (TPSA) is 93.5 Å². The number of nitro groups is 1. The summed E-state index contributed by atoms with van der Waals surface area (Å²) in [7, 11) is 0. The molecule has 0 atom stereocenters. The van der Waals surface area contributed by atoms with E-state index in [0.717, 1.165) is 6.42 Å². The molecule has 0 fully saturated rings. The van der Waals surface area contributed by atoms with Crippen molar-refractivity contribution >= 4 is 50.5 Å². The third-order valence-corrected chi connectivity index (χ3v) is 4.04. The van der Waals surface area contributed by atoms with Crippen LogP contribution >= 0.6 is 28.1 Å². The first-order valence-electron chi connectivity index (χ1n) is 7.70. The van der Waals surface area contributed by atoms with Gasteiger partial charge in [0.25, 0.3) is 11.6 Å². The van der Waals surface area contributed by atoms with Crippen LogP contribution in [0, 0.1) is 10.1 Å². The van der Waals surface area contributed by atoms with Gasteiger partial charge in [0.1, 0.15) is 5.75 Å². The number of thiocarbonyl (C=S) groups is 1. The van der Waals surface area contributed by atoms with Crippen molar-refractivity contribution in [2.24, 2.45) is 0 Å². The molecular formula is C17H16BrN3O4S. The van der Waals surface area contributed by atoms with E-state index in [0.29, 0.717) is 28.1 Å². The lowest BCUT2D eigenvalue weighted by atomic mass is 10.2. The van der Waals surface area contributed by atoms with Gasteiger partial charge in [0, 0.05) is 23.4 Å². The number of hydrogen-bond acceptors (Lipinski definition) is 5. The number of rotatable bonds is 6. The van der Waals surface area contributed by atoms with Crippen LogP contribution in [0.4, 0.5) is 11.4 Å². The van der Waals surface area contributed by atoms with Gasteiger partial charge in [0.2, 0.25) is 0 Å². The molecule has 2 aromatic carbocycles. The third-order valence-electron chi connectivity index (χ3n) is 3.22. The lowest BCUT2D eigenvalue weighted by molar-refractivity contribution is -0.384. The number of ether oxygens (including phenoxy) is 1. The summed E-state index contributed by atoms with van der Waals surface area (Å²) in [6.45, 7) is 2.60. The van der Waals surface area contributed by atoms with Gasteiger partial charge in [-0.3, -0.25) is 20.2 Å². The maximum atomic E-state index is 12.3. The third kappa shape index (κ3) is 5.50. The first kappa shape index (κ1) is 19.8. The zero-order valence-corrected chi connectivity index (χ0v) is 16.2. The van der Waals surface area contributed by atoms with Gasteiger partial charge in [-0.15, -0.1) is 0 Å². The summed E-state index contributed by atoms with van der Waals surface area (Å²) < 4.78 is 6.22. The number of carbonyl (C=O) groups excluding carboxylic acids is 1. The highest BCUT2D eigenvalue weighted by molar-refractivity contribution is 9.10. The number of hydrogen-bond donors (Lipinski definition) is 2. The number of nitro benzene ring substituents is 1. The molecule has 2 N–H and O–H groups in total. The van der Waals surface area contributed by atoms with Gasteiger partial charge in [-0.05, 0) is 64.9 Å². The van der Waals surface area contributed by atoms with Crippen LogP contribution < -0.4 is 15.4 Å². The number of benzene rings is 2. The largest absolute Gasteiger partial charge is 0.492 e. The van der Waals surface area contributed by atoms with Crippen LogP contribution in [0.2, 0.25) is 0 Å². The minimum absolute atomic E-state index is 0.0271. The standard InChI is InChI=1S/C17H16BrN3O4S/c1-2-9-25-15-8-3-11(10-14(15)18)16(22)20-17(26)19-12-4-6-13(7-5-12)21(23)24/h3-8,10H,2,9H2,1H3,(H2,19,20,22,26). The Bertz CT molecular complexity index is 827. The smallest absolute Gasteiger partial charge is 0.269 e. The predicted octanol–water partition coefficient (Wildman–Crippen LogP) is 4.27. The average Bonchev–Trinajstić information content (AvgIpc) is 2.61. The molecule has 0 saturated carbocycles. The minimum Gasteiger partial charge on any atom is -0.492 e. The zero-order chi connectivity index (χ0) is 19.1. The monoisotopic (exact) mass is 437 g/mol. The van der Waals surface area contributed by atoms with E-state index in [2.05, 4.69) is 26.6 Å². The van der Waals surface area contributed by atoms with Gasteiger partial charge in [-0.1, -0.05) is 6.92 Å². The average molecular weight is 438 g/mol. The summed E-state index contributed by atoms with van der Waals surface area (Å²) in [5.41, 5.74) is 0.916. The zero-order valence-electron chi connectivity index (χ0n) is 13.8. The summed E-state index contributed by atoms with van der Waals surface area (Å²) in [5.74, 6) is 0.280. The van der Waals surface area contributed by atoms with E-state index in [1.54, 1.807) is 18.2 Å². The molecule has 0 aromatic heterocycles. The second-order valence-electron chi connectivity index (χ2n) is 5.21. The fourth-order valence-electron chi connectivity index (χ4n) is 1.98. The molecule has 0 spiro atoms. The molecule has 0 unspecified atom stereocenters. The summed E-state index contributed by atoms with van der Waals surface area (Å²) in [4.78, 5) is 22.4. The number of halogens is 1. The minimum atomic E-state index is -0.490. The Labute approximate surface area is 164 Å². The quantitative estimate of drug-likeness (QED) is 0.398. The highest BCUT2D eigenvalue weighted by atomic mass is 79.9. The maximum absolute atomic E-state index is 12.3. The second-order valence-corrected chi connectivity index (χ2v) is 6.47. The number of non-ortho nitro benzene ring substituents is 1. The highest BCUT2D eigenvalue weighted by Crippen LogP contribution is 2.26. The van der Waals surface area contributed by atoms with Crippen molar-refractivity contribution in [1.29, 1.82) is 0 Å². The molecule has 0 bridgehead atoms. The molecule has 1 amide bonds. The van der Waals surface area contributed by atoms with E-state index < -0.39 is 4.92 Å². The van der Waals surface area contributed by atoms with Gasteiger partial charge in [0.05, 0.1) is 16.0 Å². The molecule has 0 heterocycles. The van der Waals surface area contributed by atoms with Crippen LogP contribution in [0.25, 0.3) is 0 Å². The lowest BCUT2D eigenvalue weighted by Gasteiger charge is -2.11. The van der Waals surface area contributed by atoms with Crippen LogP contribution in [0.15, 0.2) is 46.9 Å². The Morgan fingerprint density at radius 2 is 1.96 bits per heavy atom. The molecule has 9 heteroatoms. The van der Waals surface area contributed by atoms with E-state index in [1.165, 1.54) is 24.3 Å². The van der Waals surface area contributed by atoms with Crippen LogP contribution in [-0.4, -0.2) is 22.5 Å². The Morgan fingerprint density at radius 1 is 1.27 bits per heavy atom. The SMILES string of the molecule is CCCOc1ccc(C(=O)NC(=S)Nc2ccc([N+](=O)[O-])cc2)cc1Br. The van der Waals surface area contributed by atoms with Gasteiger partial charge < -0.3 is 10.1 Å². The number of nitrogens with one attached hydrogen (secondary N) is 2. The molecule has 136 valence electrons. The first-order valence-corrected chi connectivity index (χ1v) is 8.90. The highest BCUT2D eigenvalue weighted by Gasteiger charge is 2.11. The number of carbonyl (C=O) groups is 1. The van der Waals surface area contributed by atoms with Crippen LogP contribution in [-0.2, 0) is 0 Å². The van der Waals surface area contributed by atoms with Crippen molar-refractivity contribution in [3.05, 3.63) is 62.6 Å². The van der Waals surface area contributed by atoms with E-state index >= 15 is 0 Å². The molecule has 0 aliphatic heterocycles. The molecule has 0 radical (unpaired) electrons. The molecule has 2 rings (SSSR count). The van der Waals surface area contributed by atoms with Crippen LogP contribution in [0.3, 0.4) is 0 Å². The van der Waals surface area contributed by atoms with Crippen LogP contribution in [0.1, 0.15) is 23.7 Å². The number of anilines is 1. The molecule has 0 aliphatic carbocycles. The van der Waals surface area contributed by atoms with Crippen molar-refractivity contribution in [1.82, 2.24) is 5.32 Å². The molecule has 0 aliphatic rings. The molecular weight excluding hydrogens is 422 g/mol. The molecule has 0 saturated heterocycles. The fraction of sp³-hybridized carbons (Fsp3) is 0.176. The van der Waals surface area contributed by atoms with Gasteiger partial charge in [0.15, 0.2) is 5.11 Å². The molecule has 7 nitrogen and oxygen atoms in total. The van der Waals surface area contributed by atoms with E-state index in [4.69, 9.17) is 17.0 Å². The summed E-state index contributed by atoms with van der Waals surface area (Å²) in [5, 5.41) is 16.1. The van der Waals surface area contributed by atoms with Gasteiger partial charge in [-0.25, -0.2) is 0 Å². The first-order chi connectivity index (χ1) is 12.4. The van der Waals surface area contributed by atoms with Crippen molar-refractivity contribution in [2.75, 3.05) is 11.9 Å². The van der Waals surface area contributed by atoms with E-state index in [9.17, 15) is 14.9 Å². The van der Waals surface area contributed by atoms with Crippen LogP contribution in [0.5, 0.6) is 5.75 Å². The number of amides is 1. The van der Waals surface area contributed by atoms with Crippen molar-refractivity contribution in [3.8, 4) is 5.75 Å². The second kappa shape index (κ2) is 9.25. The normalized spacial score (nSPS) is 10.1. The van der Waals surface area contributed by atoms with E-state index in [-0.39, 0.29) is 16.7 Å². The Balaban J connectivity index is 1.97. The molecule has 2 aromatic rings. The summed E-state index contributed by atoms with van der Waals surface area (Å²) in [6.07, 6.45) is 0.886. The Kier molecular flexibility index (Phi) is 7.05. The van der Waals surface area contributed by atoms with E-state index in [1.807, 2.05) is 6.92 Å². The fourth-order valence-corrected chi connectivity index (χ4v) is 2.68. The van der Waals surface area contributed by atoms with Gasteiger partial charge >= 0.3 is 0 Å². The summed E-state index contributed by atoms with van der Waals surface area (Å²) in [6, 6.07) is 10.7. The summed E-state index contributed by atoms with van der Waals surface area (Å²) >= 11 is 8.47. The van der Waals surface area contributed by atoms with Crippen molar-refractivity contribution in [2.45, 2.75) is 13.3 Å². The number of nitrogens with zero attached hydrogens (tertiary/aromatic N) is 1. The van der Waals surface area contributed by atoms with Crippen molar-refractivity contribution < 1.29 is 14.5 Å². The Morgan fingerprint density at radius 3 is 2.54 bits per heavy atom. The lowest BCUT2D eigenvalue weighted by Crippen LogP contribution is -2.34. The maximum Gasteiger partial charge on any atom is 0.269 e. The Hall–Kier alpha value is -2.52. The van der Waals surface area contributed by atoms with Crippen molar-refractivity contribution in [3.63, 3.8) is 0 Å². The van der Waals surface area contributed by atoms with Gasteiger partial charge in [-0.2, -0.15) is 0 Å². The predicted molar refractivity (Wildman–Crippen MR) is 107 cm³/mol. The molecule has 26 heavy (non-hydrogen) atoms.